The van der Waals surface area contributed by atoms with Crippen LogP contribution >= 0.6 is 0 Å². The molecule has 3 amide bonds. The van der Waals surface area contributed by atoms with E-state index in [0.717, 1.165) is 11.1 Å². The van der Waals surface area contributed by atoms with Gasteiger partial charge in [-0.2, -0.15) is 0 Å². The first-order chi connectivity index (χ1) is 15.4. The summed E-state index contributed by atoms with van der Waals surface area (Å²) in [5, 5.41) is 7.66. The van der Waals surface area contributed by atoms with Gasteiger partial charge < -0.3 is 20.7 Å². The summed E-state index contributed by atoms with van der Waals surface area (Å²) in [6, 6.07) is 13.9. The van der Waals surface area contributed by atoms with Gasteiger partial charge in [0.1, 0.15) is 11.6 Å². The van der Waals surface area contributed by atoms with Gasteiger partial charge in [0, 0.05) is 11.3 Å². The Morgan fingerprint density at radius 2 is 1.64 bits per heavy atom. The lowest BCUT2D eigenvalue weighted by Gasteiger charge is -2.21. The fourth-order valence-electron chi connectivity index (χ4n) is 2.93. The first-order valence-corrected chi connectivity index (χ1v) is 10.7. The third kappa shape index (κ3) is 9.14. The second-order valence-electron chi connectivity index (χ2n) is 8.76. The largest absolute Gasteiger partial charge is 0.444 e. The van der Waals surface area contributed by atoms with Crippen molar-refractivity contribution in [1.29, 1.82) is 0 Å². The molecule has 8 heteroatoms. The van der Waals surface area contributed by atoms with Gasteiger partial charge in [-0.05, 0) is 64.3 Å². The molecule has 2 aromatic carbocycles. The molecule has 176 valence electrons. The van der Waals surface area contributed by atoms with Gasteiger partial charge in [-0.15, -0.1) is 0 Å². The van der Waals surface area contributed by atoms with Crippen molar-refractivity contribution in [2.45, 2.75) is 52.7 Å². The second-order valence-corrected chi connectivity index (χ2v) is 8.76. The third-order valence-corrected chi connectivity index (χ3v) is 4.53. The van der Waals surface area contributed by atoms with Crippen LogP contribution in [0.5, 0.6) is 0 Å². The summed E-state index contributed by atoms with van der Waals surface area (Å²) in [5.41, 5.74) is 2.63. The number of benzene rings is 2. The zero-order valence-electron chi connectivity index (χ0n) is 19.7. The van der Waals surface area contributed by atoms with Gasteiger partial charge >= 0.3 is 6.09 Å². The van der Waals surface area contributed by atoms with E-state index in [1.165, 1.54) is 13.8 Å². The normalized spacial score (nSPS) is 11.8. The van der Waals surface area contributed by atoms with E-state index in [9.17, 15) is 19.2 Å². The van der Waals surface area contributed by atoms with Crippen LogP contribution in [0.1, 0.15) is 56.1 Å². The van der Waals surface area contributed by atoms with Crippen LogP contribution in [0.15, 0.2) is 48.5 Å². The van der Waals surface area contributed by atoms with Gasteiger partial charge in [-0.3, -0.25) is 14.4 Å². The highest BCUT2D eigenvalue weighted by atomic mass is 16.6. The minimum Gasteiger partial charge on any atom is -0.444 e. The number of carbonyl (C=O) groups excluding carboxylic acids is 4. The Morgan fingerprint density at radius 3 is 2.24 bits per heavy atom. The Labute approximate surface area is 194 Å². The molecule has 0 heterocycles. The van der Waals surface area contributed by atoms with E-state index in [1.54, 1.807) is 39.0 Å². The standard InChI is InChI=1S/C25H31N3O5/c1-16(27-24(32)33-25(3,4)5)23(31)26-15-22(30)28-21-8-6-7-19(14-21)13-18-9-11-20(12-10-18)17(2)29/h6-12,14,16H,13,15H2,1-5H3,(H,26,31)(H,27,32)(H,28,30). The van der Waals surface area contributed by atoms with Crippen molar-refractivity contribution < 1.29 is 23.9 Å². The summed E-state index contributed by atoms with van der Waals surface area (Å²) in [5.74, 6) is -0.872. The van der Waals surface area contributed by atoms with E-state index in [1.807, 2.05) is 30.3 Å². The molecule has 2 rings (SSSR count). The number of nitrogens with one attached hydrogen (secondary N) is 3. The van der Waals surface area contributed by atoms with E-state index in [-0.39, 0.29) is 12.3 Å². The lowest BCUT2D eigenvalue weighted by molar-refractivity contribution is -0.125. The molecule has 0 radical (unpaired) electrons. The van der Waals surface area contributed by atoms with Crippen molar-refractivity contribution in [2.24, 2.45) is 0 Å². The number of amides is 3. The molecule has 1 atom stereocenters. The van der Waals surface area contributed by atoms with Crippen LogP contribution in [-0.2, 0) is 20.7 Å². The predicted octanol–water partition coefficient (Wildman–Crippen LogP) is 3.45. The maximum Gasteiger partial charge on any atom is 0.408 e. The van der Waals surface area contributed by atoms with Crippen LogP contribution in [0.2, 0.25) is 0 Å². The molecule has 0 aromatic heterocycles. The lowest BCUT2D eigenvalue weighted by atomic mass is 10.0. The SMILES string of the molecule is CC(=O)c1ccc(Cc2cccc(NC(=O)CNC(=O)C(C)NC(=O)OC(C)(C)C)c2)cc1. The van der Waals surface area contributed by atoms with Crippen molar-refractivity contribution in [1.82, 2.24) is 10.6 Å². The molecule has 0 saturated carbocycles. The monoisotopic (exact) mass is 453 g/mol. The predicted molar refractivity (Wildman–Crippen MR) is 126 cm³/mol. The van der Waals surface area contributed by atoms with Crippen LogP contribution in [-0.4, -0.2) is 41.9 Å². The Kier molecular flexibility index (Phi) is 8.73. The fraction of sp³-hybridized carbons (Fsp3) is 0.360. The fourth-order valence-corrected chi connectivity index (χ4v) is 2.93. The molecule has 0 aliphatic heterocycles. The molecule has 0 fully saturated rings. The molecule has 33 heavy (non-hydrogen) atoms. The van der Waals surface area contributed by atoms with Gasteiger partial charge in [-0.1, -0.05) is 36.4 Å². The number of ketones is 1. The van der Waals surface area contributed by atoms with E-state index >= 15 is 0 Å². The highest BCUT2D eigenvalue weighted by molar-refractivity contribution is 5.96. The van der Waals surface area contributed by atoms with Crippen molar-refractivity contribution in [3.05, 3.63) is 65.2 Å². The molecule has 0 aliphatic carbocycles. The van der Waals surface area contributed by atoms with Crippen LogP contribution in [0.25, 0.3) is 0 Å². The number of anilines is 1. The van der Waals surface area contributed by atoms with Crippen LogP contribution in [0, 0.1) is 0 Å². The molecular formula is C25H31N3O5. The zero-order chi connectivity index (χ0) is 24.6. The van der Waals surface area contributed by atoms with Crippen molar-refractivity contribution in [3.63, 3.8) is 0 Å². The maximum absolute atomic E-state index is 12.3. The molecule has 2 aromatic rings. The van der Waals surface area contributed by atoms with Crippen LogP contribution < -0.4 is 16.0 Å². The van der Waals surface area contributed by atoms with Gasteiger partial charge in [0.25, 0.3) is 0 Å². The Hall–Kier alpha value is -3.68. The molecular weight excluding hydrogens is 422 g/mol. The van der Waals surface area contributed by atoms with Crippen molar-refractivity contribution in [2.75, 3.05) is 11.9 Å². The summed E-state index contributed by atoms with van der Waals surface area (Å²) in [4.78, 5) is 47.5. The van der Waals surface area contributed by atoms with Gasteiger partial charge in [0.2, 0.25) is 11.8 Å². The molecule has 0 bridgehead atoms. The second kappa shape index (κ2) is 11.3. The van der Waals surface area contributed by atoms with E-state index in [4.69, 9.17) is 4.74 Å². The number of hydrogen-bond acceptors (Lipinski definition) is 5. The molecule has 0 saturated heterocycles. The Morgan fingerprint density at radius 1 is 0.970 bits per heavy atom. The number of rotatable bonds is 8. The lowest BCUT2D eigenvalue weighted by Crippen LogP contribution is -2.47. The maximum atomic E-state index is 12.3. The number of carbonyl (C=O) groups is 4. The summed E-state index contributed by atoms with van der Waals surface area (Å²) < 4.78 is 5.11. The minimum absolute atomic E-state index is 0.0216. The number of alkyl carbamates (subject to hydrolysis) is 1. The van der Waals surface area contributed by atoms with Crippen LogP contribution in [0.4, 0.5) is 10.5 Å². The topological polar surface area (TPSA) is 114 Å². The Balaban J connectivity index is 1.84. The smallest absolute Gasteiger partial charge is 0.408 e. The number of Topliss-reactive ketones (excluding diaryl/α,β-unsaturated/α-hetero) is 1. The summed E-state index contributed by atoms with van der Waals surface area (Å²) in [6.07, 6.45) is -0.0608. The highest BCUT2D eigenvalue weighted by Crippen LogP contribution is 2.15. The van der Waals surface area contributed by atoms with Gasteiger partial charge in [0.05, 0.1) is 6.54 Å². The summed E-state index contributed by atoms with van der Waals surface area (Å²) in [6.45, 7) is 7.96. The molecule has 3 N–H and O–H groups in total. The zero-order valence-corrected chi connectivity index (χ0v) is 19.7. The Bertz CT molecular complexity index is 1010. The molecule has 0 aliphatic rings. The van der Waals surface area contributed by atoms with Crippen molar-refractivity contribution >= 4 is 29.4 Å². The first-order valence-electron chi connectivity index (χ1n) is 10.7. The third-order valence-electron chi connectivity index (χ3n) is 4.53. The minimum atomic E-state index is -0.856. The summed E-state index contributed by atoms with van der Waals surface area (Å²) >= 11 is 0. The molecule has 8 nitrogen and oxygen atoms in total. The summed E-state index contributed by atoms with van der Waals surface area (Å²) in [7, 11) is 0. The van der Waals surface area contributed by atoms with E-state index in [0.29, 0.717) is 17.7 Å². The molecule has 0 spiro atoms. The van der Waals surface area contributed by atoms with Gasteiger partial charge in [0.15, 0.2) is 5.78 Å². The number of ether oxygens (including phenoxy) is 1. The van der Waals surface area contributed by atoms with E-state index in [2.05, 4.69) is 16.0 Å². The van der Waals surface area contributed by atoms with Crippen LogP contribution in [0.3, 0.4) is 0 Å². The quantitative estimate of drug-likeness (QED) is 0.530. The average Bonchev–Trinajstić information content (AvgIpc) is 2.71. The number of hydrogen-bond donors (Lipinski definition) is 3. The highest BCUT2D eigenvalue weighted by Gasteiger charge is 2.21. The van der Waals surface area contributed by atoms with Crippen molar-refractivity contribution in [3.8, 4) is 0 Å². The molecule has 1 unspecified atom stereocenters. The first kappa shape index (κ1) is 25.6. The van der Waals surface area contributed by atoms with E-state index < -0.39 is 29.6 Å². The van der Waals surface area contributed by atoms with Gasteiger partial charge in [-0.25, -0.2) is 4.79 Å². The average molecular weight is 454 g/mol.